The predicted molar refractivity (Wildman–Crippen MR) is 77.9 cm³/mol. The molecular weight excluding hydrogens is 222 g/mol. The molecule has 1 unspecified atom stereocenters. The number of nitrogens with zero attached hydrogens (tertiary/aromatic N) is 2. The van der Waals surface area contributed by atoms with Crippen molar-refractivity contribution in [3.05, 3.63) is 0 Å². The lowest BCUT2D eigenvalue weighted by Crippen LogP contribution is -2.48. The monoisotopic (exact) mass is 253 g/mol. The molecule has 0 bridgehead atoms. The average Bonchev–Trinajstić information content (AvgIpc) is 3.13. The highest BCUT2D eigenvalue weighted by molar-refractivity contribution is 4.87. The Labute approximate surface area is 113 Å². The minimum absolute atomic E-state index is 0.763. The SMILES string of the molecule is CC(C)CNCC(C)CN1CCN(C2CC2)CC1. The molecule has 18 heavy (non-hydrogen) atoms. The minimum Gasteiger partial charge on any atom is -0.316 e. The third-order valence-electron chi connectivity index (χ3n) is 4.09. The molecule has 1 saturated carbocycles. The quantitative estimate of drug-likeness (QED) is 0.744. The zero-order chi connectivity index (χ0) is 13.0. The van der Waals surface area contributed by atoms with Crippen LogP contribution >= 0.6 is 0 Å². The Balaban J connectivity index is 1.55. The van der Waals surface area contributed by atoms with Gasteiger partial charge in [-0.15, -0.1) is 0 Å². The van der Waals surface area contributed by atoms with Crippen molar-refractivity contribution in [2.24, 2.45) is 11.8 Å². The van der Waals surface area contributed by atoms with Crippen LogP contribution in [0.15, 0.2) is 0 Å². The van der Waals surface area contributed by atoms with Crippen LogP contribution in [0.3, 0.4) is 0 Å². The highest BCUT2D eigenvalue weighted by atomic mass is 15.3. The second-order valence-electron chi connectivity index (χ2n) is 6.73. The summed E-state index contributed by atoms with van der Waals surface area (Å²) in [4.78, 5) is 5.35. The van der Waals surface area contributed by atoms with Crippen molar-refractivity contribution in [2.45, 2.75) is 39.7 Å². The van der Waals surface area contributed by atoms with E-state index in [1.165, 1.54) is 52.1 Å². The molecule has 0 radical (unpaired) electrons. The third kappa shape index (κ3) is 4.87. The Morgan fingerprint density at radius 3 is 2.22 bits per heavy atom. The van der Waals surface area contributed by atoms with Crippen molar-refractivity contribution in [2.75, 3.05) is 45.8 Å². The van der Waals surface area contributed by atoms with E-state index >= 15 is 0 Å². The maximum absolute atomic E-state index is 3.57. The van der Waals surface area contributed by atoms with Crippen LogP contribution < -0.4 is 5.32 Å². The van der Waals surface area contributed by atoms with E-state index in [1.54, 1.807) is 0 Å². The van der Waals surface area contributed by atoms with Gasteiger partial charge in [0.15, 0.2) is 0 Å². The fourth-order valence-electron chi connectivity index (χ4n) is 2.87. The van der Waals surface area contributed by atoms with E-state index < -0.39 is 0 Å². The predicted octanol–water partition coefficient (Wildman–Crippen LogP) is 1.65. The number of rotatable bonds is 7. The molecule has 1 aliphatic heterocycles. The molecular formula is C15H31N3. The highest BCUT2D eigenvalue weighted by Gasteiger charge is 2.31. The van der Waals surface area contributed by atoms with Crippen molar-refractivity contribution >= 4 is 0 Å². The summed E-state index contributed by atoms with van der Waals surface area (Å²) in [5.74, 6) is 1.54. The number of hydrogen-bond acceptors (Lipinski definition) is 3. The molecule has 1 heterocycles. The van der Waals surface area contributed by atoms with Gasteiger partial charge in [0.2, 0.25) is 0 Å². The molecule has 2 fully saturated rings. The summed E-state index contributed by atoms with van der Waals surface area (Å²) < 4.78 is 0. The molecule has 0 spiro atoms. The average molecular weight is 253 g/mol. The van der Waals surface area contributed by atoms with Crippen molar-refractivity contribution in [1.82, 2.24) is 15.1 Å². The lowest BCUT2D eigenvalue weighted by atomic mass is 10.1. The molecule has 0 aromatic rings. The van der Waals surface area contributed by atoms with E-state index in [1.807, 2.05) is 0 Å². The molecule has 2 rings (SSSR count). The molecule has 3 heteroatoms. The van der Waals surface area contributed by atoms with E-state index in [4.69, 9.17) is 0 Å². The Bertz CT molecular complexity index is 230. The molecule has 0 amide bonds. The first-order valence-corrected chi connectivity index (χ1v) is 7.82. The van der Waals surface area contributed by atoms with Crippen LogP contribution in [0, 0.1) is 11.8 Å². The molecule has 3 nitrogen and oxygen atoms in total. The Morgan fingerprint density at radius 2 is 1.67 bits per heavy atom. The molecule has 1 atom stereocenters. The summed E-state index contributed by atoms with van der Waals surface area (Å²) in [6.07, 6.45) is 2.91. The van der Waals surface area contributed by atoms with Crippen LogP contribution in [0.5, 0.6) is 0 Å². The lowest BCUT2D eigenvalue weighted by Gasteiger charge is -2.36. The van der Waals surface area contributed by atoms with Gasteiger partial charge in [0.05, 0.1) is 0 Å². The Kier molecular flexibility index (Phi) is 5.46. The minimum atomic E-state index is 0.763. The van der Waals surface area contributed by atoms with E-state index in [-0.39, 0.29) is 0 Å². The van der Waals surface area contributed by atoms with E-state index in [0.29, 0.717) is 0 Å². The van der Waals surface area contributed by atoms with Crippen molar-refractivity contribution in [3.63, 3.8) is 0 Å². The second kappa shape index (κ2) is 6.88. The first-order valence-electron chi connectivity index (χ1n) is 7.82. The highest BCUT2D eigenvalue weighted by Crippen LogP contribution is 2.27. The number of nitrogens with one attached hydrogen (secondary N) is 1. The molecule has 0 aromatic carbocycles. The lowest BCUT2D eigenvalue weighted by molar-refractivity contribution is 0.114. The van der Waals surface area contributed by atoms with Gasteiger partial charge < -0.3 is 10.2 Å². The largest absolute Gasteiger partial charge is 0.316 e. The normalized spacial score (nSPS) is 24.7. The van der Waals surface area contributed by atoms with Gasteiger partial charge in [0.25, 0.3) is 0 Å². The van der Waals surface area contributed by atoms with Gasteiger partial charge in [-0.25, -0.2) is 0 Å². The first kappa shape index (κ1) is 14.3. The smallest absolute Gasteiger partial charge is 0.0113 e. The van der Waals surface area contributed by atoms with Gasteiger partial charge in [0, 0.05) is 38.8 Å². The van der Waals surface area contributed by atoms with Gasteiger partial charge in [-0.2, -0.15) is 0 Å². The maximum Gasteiger partial charge on any atom is 0.0113 e. The fraction of sp³-hybridized carbons (Fsp3) is 1.00. The van der Waals surface area contributed by atoms with Gasteiger partial charge in [-0.1, -0.05) is 20.8 Å². The third-order valence-corrected chi connectivity index (χ3v) is 4.09. The standard InChI is InChI=1S/C15H31N3/c1-13(2)10-16-11-14(3)12-17-6-8-18(9-7-17)15-4-5-15/h13-16H,4-12H2,1-3H3. The summed E-state index contributed by atoms with van der Waals surface area (Å²) in [6, 6.07) is 0.956. The zero-order valence-corrected chi connectivity index (χ0v) is 12.5. The van der Waals surface area contributed by atoms with Crippen LogP contribution in [0.1, 0.15) is 33.6 Å². The van der Waals surface area contributed by atoms with Crippen LogP contribution in [0.2, 0.25) is 0 Å². The van der Waals surface area contributed by atoms with Crippen molar-refractivity contribution in [3.8, 4) is 0 Å². The van der Waals surface area contributed by atoms with Gasteiger partial charge in [-0.3, -0.25) is 4.90 Å². The van der Waals surface area contributed by atoms with E-state index in [2.05, 4.69) is 35.9 Å². The molecule has 2 aliphatic rings. The molecule has 1 N–H and O–H groups in total. The second-order valence-corrected chi connectivity index (χ2v) is 6.73. The van der Waals surface area contributed by atoms with E-state index in [0.717, 1.165) is 24.4 Å². The Hall–Kier alpha value is -0.120. The summed E-state index contributed by atoms with van der Waals surface area (Å²) in [5, 5.41) is 3.57. The molecule has 106 valence electrons. The molecule has 0 aromatic heterocycles. The van der Waals surface area contributed by atoms with Crippen molar-refractivity contribution in [1.29, 1.82) is 0 Å². The molecule has 1 saturated heterocycles. The summed E-state index contributed by atoms with van der Waals surface area (Å²) in [5.41, 5.74) is 0. The van der Waals surface area contributed by atoms with Crippen LogP contribution in [0.25, 0.3) is 0 Å². The topological polar surface area (TPSA) is 18.5 Å². The summed E-state index contributed by atoms with van der Waals surface area (Å²) >= 11 is 0. The Morgan fingerprint density at radius 1 is 1.00 bits per heavy atom. The summed E-state index contributed by atoms with van der Waals surface area (Å²) in [7, 11) is 0. The van der Waals surface area contributed by atoms with Crippen molar-refractivity contribution < 1.29 is 0 Å². The number of piperazine rings is 1. The summed E-state index contributed by atoms with van der Waals surface area (Å²) in [6.45, 7) is 15.7. The van der Waals surface area contributed by atoms with Crippen LogP contribution in [-0.2, 0) is 0 Å². The number of hydrogen-bond donors (Lipinski definition) is 1. The zero-order valence-electron chi connectivity index (χ0n) is 12.5. The van der Waals surface area contributed by atoms with Crippen LogP contribution in [0.4, 0.5) is 0 Å². The maximum atomic E-state index is 3.57. The molecule has 1 aliphatic carbocycles. The fourth-order valence-corrected chi connectivity index (χ4v) is 2.87. The van der Waals surface area contributed by atoms with E-state index in [9.17, 15) is 0 Å². The van der Waals surface area contributed by atoms with Gasteiger partial charge in [0.1, 0.15) is 0 Å². The first-order chi connectivity index (χ1) is 8.65. The van der Waals surface area contributed by atoms with Crippen LogP contribution in [-0.4, -0.2) is 61.7 Å². The van der Waals surface area contributed by atoms with Gasteiger partial charge in [-0.05, 0) is 37.8 Å². The van der Waals surface area contributed by atoms with Gasteiger partial charge >= 0.3 is 0 Å².